The average molecular weight is 1130 g/mol. The number of carbonyl (C=O) groups excluding carboxylic acids is 6. The quantitative estimate of drug-likeness (QED) is 0.0803. The van der Waals surface area contributed by atoms with Gasteiger partial charge in [-0.2, -0.15) is 0 Å². The number of piperazine rings is 1. The molecule has 0 saturated carbocycles. The Morgan fingerprint density at radius 2 is 1.24 bits per heavy atom. The molecule has 1 spiro atoms. The van der Waals surface area contributed by atoms with Crippen LogP contribution in [0.2, 0.25) is 0 Å². The van der Waals surface area contributed by atoms with Crippen molar-refractivity contribution in [2.24, 2.45) is 0 Å². The van der Waals surface area contributed by atoms with Gasteiger partial charge >= 0.3 is 23.9 Å². The van der Waals surface area contributed by atoms with Crippen LogP contribution in [0.3, 0.4) is 0 Å². The zero-order chi connectivity index (χ0) is 56.8. The van der Waals surface area contributed by atoms with Crippen molar-refractivity contribution in [1.29, 1.82) is 0 Å². The number of anilines is 2. The number of ether oxygens (including phenoxy) is 8. The van der Waals surface area contributed by atoms with Gasteiger partial charge in [-0.25, -0.2) is 4.68 Å². The van der Waals surface area contributed by atoms with Crippen molar-refractivity contribution in [3.63, 3.8) is 0 Å². The van der Waals surface area contributed by atoms with Crippen molar-refractivity contribution in [2.45, 2.75) is 128 Å². The molecule has 2 amide bonds. The maximum absolute atomic E-state index is 15.1. The van der Waals surface area contributed by atoms with Gasteiger partial charge in [0.1, 0.15) is 29.7 Å². The predicted octanol–water partition coefficient (Wildman–Crippen LogP) is 4.55. The Morgan fingerprint density at radius 1 is 0.659 bits per heavy atom. The van der Waals surface area contributed by atoms with Crippen molar-refractivity contribution in [1.82, 2.24) is 29.7 Å². The molecule has 82 heavy (non-hydrogen) atoms. The van der Waals surface area contributed by atoms with Gasteiger partial charge < -0.3 is 57.5 Å². The van der Waals surface area contributed by atoms with Gasteiger partial charge in [-0.1, -0.05) is 23.4 Å². The lowest BCUT2D eigenvalue weighted by molar-refractivity contribution is -0.270. The Labute approximate surface area is 476 Å². The maximum Gasteiger partial charge on any atom is 0.303 e. The van der Waals surface area contributed by atoms with Gasteiger partial charge in [-0.15, -0.1) is 5.10 Å². The van der Waals surface area contributed by atoms with Crippen LogP contribution in [0.25, 0.3) is 0 Å². The first-order valence-electron chi connectivity index (χ1n) is 29.1. The third kappa shape index (κ3) is 10.3. The number of aryl methyl sites for hydroxylation is 2. The second kappa shape index (κ2) is 23.3. The molecule has 0 bridgehead atoms. The van der Waals surface area contributed by atoms with E-state index in [1.54, 1.807) is 6.20 Å². The van der Waals surface area contributed by atoms with Crippen LogP contribution in [-0.4, -0.2) is 182 Å². The molecule has 0 N–H and O–H groups in total. The largest absolute Gasteiger partial charge is 0.463 e. The lowest BCUT2D eigenvalue weighted by atomic mass is 9.70. The van der Waals surface area contributed by atoms with E-state index in [0.717, 1.165) is 120 Å². The predicted molar refractivity (Wildman–Crippen MR) is 293 cm³/mol. The fourth-order valence-corrected chi connectivity index (χ4v) is 14.1. The topological polar surface area (TPSA) is 223 Å². The van der Waals surface area contributed by atoms with E-state index in [2.05, 4.69) is 54.2 Å². The highest BCUT2D eigenvalue weighted by Gasteiger charge is 2.58. The summed E-state index contributed by atoms with van der Waals surface area (Å²) in [6.07, 6.45) is 3.65. The SMILES string of the molecule is CC(=O)OCC1OC(n2cc(CN3CCN(C(=O)CCOCCOCCN4C(=O)c5ccccc5C45c4cc6c7c(c4Oc4c5cc5c8c4CCCN8CCC5)CCCN7CCC6)CC3)nn2)C(OC(C)=O)C(OC(C)=O)C1OC(C)=O. The van der Waals surface area contributed by atoms with Crippen LogP contribution in [0.4, 0.5) is 11.4 Å². The van der Waals surface area contributed by atoms with Gasteiger partial charge in [-0.05, 0) is 86.3 Å². The van der Waals surface area contributed by atoms with Crippen LogP contribution in [0, 0.1) is 0 Å². The number of aromatic nitrogens is 3. The summed E-state index contributed by atoms with van der Waals surface area (Å²) < 4.78 is 49.1. The van der Waals surface area contributed by atoms with Gasteiger partial charge in [0.2, 0.25) is 5.91 Å². The monoisotopic (exact) mass is 1130 g/mol. The average Bonchev–Trinajstić information content (AvgIpc) is 2.37. The minimum absolute atomic E-state index is 0.00859. The first-order valence-corrected chi connectivity index (χ1v) is 29.1. The number of rotatable bonds is 17. The van der Waals surface area contributed by atoms with Gasteiger partial charge in [0.15, 0.2) is 24.5 Å². The molecule has 5 unspecified atom stereocenters. The lowest BCUT2D eigenvalue weighted by Gasteiger charge is -2.49. The Kier molecular flexibility index (Phi) is 15.7. The van der Waals surface area contributed by atoms with E-state index >= 15 is 4.79 Å². The third-order valence-electron chi connectivity index (χ3n) is 17.3. The molecule has 2 saturated heterocycles. The standard InChI is InChI=1S/C60H72N8O14/c1-36(69)77-35-49-55(78-37(2)70)56(79-38(3)71)57(80-39(4)72)59(81-49)68-34-42(61-62-68)33-63-22-24-64(25-23-63)50(73)17-27-75-29-30-76-28-26-67-58(74)43-13-5-6-16-46(43)60(67)47-31-40-11-7-18-65-20-9-14-44(51(40)65)53(47)82-54-45-15-10-21-66-19-8-12-41(52(45)66)32-48(54)60/h5-6,13,16,31-32,34,49,55-57,59H,7-12,14-15,17-30,33,35H2,1-4H3. The summed E-state index contributed by atoms with van der Waals surface area (Å²) in [4.78, 5) is 88.3. The summed E-state index contributed by atoms with van der Waals surface area (Å²) in [7, 11) is 0. The number of benzene rings is 3. The van der Waals surface area contributed by atoms with Crippen molar-refractivity contribution in [3.05, 3.63) is 92.8 Å². The van der Waals surface area contributed by atoms with Crippen LogP contribution >= 0.6 is 0 Å². The first-order chi connectivity index (χ1) is 39.8. The number of fused-ring (bicyclic) bond motifs is 8. The van der Waals surface area contributed by atoms with Crippen LogP contribution < -0.4 is 14.5 Å². The number of nitrogens with zero attached hydrogens (tertiary/aromatic N) is 8. The van der Waals surface area contributed by atoms with Gasteiger partial charge in [0, 0.05) is 132 Å². The van der Waals surface area contributed by atoms with Crippen LogP contribution in [0.15, 0.2) is 42.6 Å². The maximum atomic E-state index is 15.1. The van der Waals surface area contributed by atoms with E-state index in [1.165, 1.54) is 52.2 Å². The van der Waals surface area contributed by atoms with Crippen molar-refractivity contribution in [3.8, 4) is 11.5 Å². The van der Waals surface area contributed by atoms with Crippen LogP contribution in [0.1, 0.15) is 121 Å². The number of carbonyl (C=O) groups is 6. The smallest absolute Gasteiger partial charge is 0.303 e. The highest BCUT2D eigenvalue weighted by Crippen LogP contribution is 2.62. The molecule has 8 aliphatic heterocycles. The minimum Gasteiger partial charge on any atom is -0.463 e. The number of amides is 2. The van der Waals surface area contributed by atoms with Gasteiger partial charge in [0.05, 0.1) is 44.7 Å². The van der Waals surface area contributed by atoms with Crippen molar-refractivity contribution in [2.75, 3.05) is 102 Å². The molecular weight excluding hydrogens is 1060 g/mol. The third-order valence-corrected chi connectivity index (χ3v) is 17.3. The summed E-state index contributed by atoms with van der Waals surface area (Å²) in [6.45, 7) is 12.5. The highest BCUT2D eigenvalue weighted by molar-refractivity contribution is 6.03. The molecule has 12 rings (SSSR count). The molecule has 436 valence electrons. The molecule has 9 heterocycles. The van der Waals surface area contributed by atoms with E-state index in [0.29, 0.717) is 63.7 Å². The molecule has 22 heteroatoms. The summed E-state index contributed by atoms with van der Waals surface area (Å²) in [6, 6.07) is 13.0. The van der Waals surface area contributed by atoms with E-state index in [4.69, 9.17) is 37.9 Å². The zero-order valence-corrected chi connectivity index (χ0v) is 47.2. The fraction of sp³-hybridized carbons (Fsp3) is 0.567. The molecule has 2 fully saturated rings. The zero-order valence-electron chi connectivity index (χ0n) is 47.2. The highest BCUT2D eigenvalue weighted by atomic mass is 16.7. The lowest BCUT2D eigenvalue weighted by Crippen LogP contribution is -2.60. The molecule has 0 radical (unpaired) electrons. The van der Waals surface area contributed by atoms with E-state index in [9.17, 15) is 24.0 Å². The van der Waals surface area contributed by atoms with Gasteiger partial charge in [0.25, 0.3) is 5.91 Å². The second-order valence-electron chi connectivity index (χ2n) is 22.6. The first kappa shape index (κ1) is 55.4. The van der Waals surface area contributed by atoms with Crippen molar-refractivity contribution < 1.29 is 66.7 Å². The number of hydrogen-bond acceptors (Lipinski definition) is 19. The molecule has 5 atom stereocenters. The molecule has 1 aromatic heterocycles. The van der Waals surface area contributed by atoms with E-state index in [1.807, 2.05) is 17.0 Å². The second-order valence-corrected chi connectivity index (χ2v) is 22.6. The van der Waals surface area contributed by atoms with Gasteiger partial charge in [-0.3, -0.25) is 33.7 Å². The van der Waals surface area contributed by atoms with Crippen molar-refractivity contribution >= 4 is 47.1 Å². The summed E-state index contributed by atoms with van der Waals surface area (Å²) >= 11 is 0. The fourth-order valence-electron chi connectivity index (χ4n) is 14.1. The van der Waals surface area contributed by atoms with E-state index < -0.39 is 60.1 Å². The normalized spacial score (nSPS) is 23.0. The molecule has 3 aromatic carbocycles. The van der Waals surface area contributed by atoms with Crippen LogP contribution in [-0.2, 0) is 94.9 Å². The van der Waals surface area contributed by atoms with Crippen LogP contribution in [0.5, 0.6) is 11.5 Å². The summed E-state index contributed by atoms with van der Waals surface area (Å²) in [5.74, 6) is -0.983. The number of esters is 4. The molecule has 8 aliphatic rings. The summed E-state index contributed by atoms with van der Waals surface area (Å²) in [5, 5.41) is 8.60. The molecule has 22 nitrogen and oxygen atoms in total. The Hall–Kier alpha value is -7.14. The Balaban J connectivity index is 0.665. The minimum atomic E-state index is -1.35. The summed E-state index contributed by atoms with van der Waals surface area (Å²) in [5.41, 5.74) is 11.4. The molecule has 4 aromatic rings. The van der Waals surface area contributed by atoms with E-state index in [-0.39, 0.29) is 38.1 Å². The Bertz CT molecular complexity index is 3070. The molecular formula is C60H72N8O14. The Morgan fingerprint density at radius 3 is 1.87 bits per heavy atom. The number of hydrogen-bond donors (Lipinski definition) is 0. The molecule has 0 aliphatic carbocycles.